The van der Waals surface area contributed by atoms with Crippen molar-refractivity contribution < 1.29 is 14.3 Å². The number of carbonyl (C=O) groups excluding carboxylic acids is 2. The van der Waals surface area contributed by atoms with Crippen LogP contribution in [0.15, 0.2) is 6.07 Å². The second-order valence-electron chi connectivity index (χ2n) is 5.49. The lowest BCUT2D eigenvalue weighted by atomic mass is 10.2. The molecule has 1 N–H and O–H groups in total. The molecule has 104 valence electrons. The van der Waals surface area contributed by atoms with Gasteiger partial charge >= 0.3 is 6.09 Å². The average Bonchev–Trinajstić information content (AvgIpc) is 2.64. The SMILES string of the molecule is CN1CCn2nc(NC(=O)OC(C)(C)C)cc2C1=O. The van der Waals surface area contributed by atoms with E-state index in [2.05, 4.69) is 10.4 Å². The summed E-state index contributed by atoms with van der Waals surface area (Å²) in [6.45, 7) is 6.57. The number of nitrogens with zero attached hydrogens (tertiary/aromatic N) is 3. The molecule has 7 heteroatoms. The third kappa shape index (κ3) is 3.04. The summed E-state index contributed by atoms with van der Waals surface area (Å²) in [6.07, 6.45) is -0.580. The van der Waals surface area contributed by atoms with E-state index in [9.17, 15) is 9.59 Å². The van der Waals surface area contributed by atoms with Crippen molar-refractivity contribution in [1.29, 1.82) is 0 Å². The summed E-state index contributed by atoms with van der Waals surface area (Å²) in [5, 5.41) is 6.69. The number of rotatable bonds is 1. The van der Waals surface area contributed by atoms with E-state index in [1.54, 1.807) is 43.5 Å². The first-order valence-electron chi connectivity index (χ1n) is 6.09. The molecule has 7 nitrogen and oxygen atoms in total. The maximum absolute atomic E-state index is 11.9. The number of anilines is 1. The molecule has 0 radical (unpaired) electrons. The van der Waals surface area contributed by atoms with Gasteiger partial charge in [0.15, 0.2) is 5.82 Å². The van der Waals surface area contributed by atoms with Gasteiger partial charge in [0, 0.05) is 19.7 Å². The van der Waals surface area contributed by atoms with Crippen molar-refractivity contribution in [3.8, 4) is 0 Å². The first-order chi connectivity index (χ1) is 8.76. The van der Waals surface area contributed by atoms with Crippen LogP contribution in [0.5, 0.6) is 0 Å². The fraction of sp³-hybridized carbons (Fsp3) is 0.583. The van der Waals surface area contributed by atoms with Gasteiger partial charge in [-0.1, -0.05) is 0 Å². The molecular weight excluding hydrogens is 248 g/mol. The molecule has 1 aromatic rings. The Labute approximate surface area is 111 Å². The summed E-state index contributed by atoms with van der Waals surface area (Å²) in [7, 11) is 1.74. The van der Waals surface area contributed by atoms with E-state index in [1.165, 1.54) is 0 Å². The van der Waals surface area contributed by atoms with E-state index in [4.69, 9.17) is 4.74 Å². The number of hydrogen-bond acceptors (Lipinski definition) is 4. The third-order valence-corrected chi connectivity index (χ3v) is 2.62. The van der Waals surface area contributed by atoms with Gasteiger partial charge < -0.3 is 9.64 Å². The van der Waals surface area contributed by atoms with Gasteiger partial charge in [-0.05, 0) is 20.8 Å². The maximum Gasteiger partial charge on any atom is 0.413 e. The fourth-order valence-corrected chi connectivity index (χ4v) is 1.77. The average molecular weight is 266 g/mol. The van der Waals surface area contributed by atoms with E-state index in [-0.39, 0.29) is 5.91 Å². The Bertz CT molecular complexity index is 516. The molecular formula is C12H18N4O3. The van der Waals surface area contributed by atoms with Gasteiger partial charge in [-0.2, -0.15) is 5.10 Å². The highest BCUT2D eigenvalue weighted by molar-refractivity contribution is 5.95. The highest BCUT2D eigenvalue weighted by atomic mass is 16.6. The molecule has 0 spiro atoms. The predicted octanol–water partition coefficient (Wildman–Crippen LogP) is 1.32. The van der Waals surface area contributed by atoms with E-state index in [1.807, 2.05) is 0 Å². The Hall–Kier alpha value is -2.05. The van der Waals surface area contributed by atoms with Gasteiger partial charge in [-0.15, -0.1) is 0 Å². The number of carbonyl (C=O) groups is 2. The molecule has 2 rings (SSSR count). The Morgan fingerprint density at radius 1 is 1.42 bits per heavy atom. The quantitative estimate of drug-likeness (QED) is 0.831. The second kappa shape index (κ2) is 4.56. The molecule has 0 saturated carbocycles. The molecule has 2 heterocycles. The Morgan fingerprint density at radius 2 is 2.11 bits per heavy atom. The van der Waals surface area contributed by atoms with Gasteiger partial charge in [-0.3, -0.25) is 14.8 Å². The largest absolute Gasteiger partial charge is 0.444 e. The monoisotopic (exact) mass is 266 g/mol. The minimum atomic E-state index is -0.580. The molecule has 19 heavy (non-hydrogen) atoms. The van der Waals surface area contributed by atoms with Crippen LogP contribution in [0.25, 0.3) is 0 Å². The fourth-order valence-electron chi connectivity index (χ4n) is 1.77. The standard InChI is InChI=1S/C12H18N4O3/c1-12(2,3)19-11(18)13-9-7-8-10(17)15(4)5-6-16(8)14-9/h7H,5-6H2,1-4H3,(H,13,14,18). The summed E-state index contributed by atoms with van der Waals surface area (Å²) in [5.41, 5.74) is -0.0979. The summed E-state index contributed by atoms with van der Waals surface area (Å²) < 4.78 is 6.72. The van der Waals surface area contributed by atoms with Crippen molar-refractivity contribution in [2.75, 3.05) is 18.9 Å². The third-order valence-electron chi connectivity index (χ3n) is 2.62. The normalized spacial score (nSPS) is 15.2. The van der Waals surface area contributed by atoms with E-state index >= 15 is 0 Å². The summed E-state index contributed by atoms with van der Waals surface area (Å²) >= 11 is 0. The molecule has 1 aliphatic rings. The van der Waals surface area contributed by atoms with Crippen molar-refractivity contribution in [2.45, 2.75) is 32.9 Å². The Kier molecular flexibility index (Phi) is 3.21. The van der Waals surface area contributed by atoms with Gasteiger partial charge in [0.05, 0.1) is 6.54 Å². The van der Waals surface area contributed by atoms with Gasteiger partial charge in [0.25, 0.3) is 5.91 Å². The summed E-state index contributed by atoms with van der Waals surface area (Å²) in [5.74, 6) is 0.226. The van der Waals surface area contributed by atoms with Crippen molar-refractivity contribution >= 4 is 17.8 Å². The first-order valence-corrected chi connectivity index (χ1v) is 6.09. The molecule has 0 bridgehead atoms. The molecule has 0 fully saturated rings. The molecule has 1 aromatic heterocycles. The van der Waals surface area contributed by atoms with Crippen LogP contribution in [0, 0.1) is 0 Å². The Balaban J connectivity index is 2.10. The number of likely N-dealkylation sites (N-methyl/N-ethyl adjacent to an activating group) is 1. The molecule has 0 saturated heterocycles. The zero-order chi connectivity index (χ0) is 14.2. The van der Waals surface area contributed by atoms with Crippen molar-refractivity contribution in [3.63, 3.8) is 0 Å². The number of nitrogens with one attached hydrogen (secondary N) is 1. The molecule has 2 amide bonds. The molecule has 1 aliphatic heterocycles. The molecule has 0 aliphatic carbocycles. The number of ether oxygens (including phenoxy) is 1. The zero-order valence-corrected chi connectivity index (χ0v) is 11.6. The second-order valence-corrected chi connectivity index (χ2v) is 5.49. The minimum absolute atomic E-state index is 0.101. The van der Waals surface area contributed by atoms with Crippen LogP contribution in [0.2, 0.25) is 0 Å². The van der Waals surface area contributed by atoms with Crippen LogP contribution in [0.1, 0.15) is 31.3 Å². The summed E-state index contributed by atoms with van der Waals surface area (Å²) in [4.78, 5) is 25.1. The highest BCUT2D eigenvalue weighted by Crippen LogP contribution is 2.16. The van der Waals surface area contributed by atoms with Crippen molar-refractivity contribution in [2.24, 2.45) is 0 Å². The lowest BCUT2D eigenvalue weighted by Crippen LogP contribution is -2.37. The molecule has 0 unspecified atom stereocenters. The summed E-state index contributed by atoms with van der Waals surface area (Å²) in [6, 6.07) is 1.56. The van der Waals surface area contributed by atoms with E-state index < -0.39 is 11.7 Å². The van der Waals surface area contributed by atoms with Gasteiger partial charge in [0.2, 0.25) is 0 Å². The minimum Gasteiger partial charge on any atom is -0.444 e. The number of fused-ring (bicyclic) bond motifs is 1. The first kappa shape index (κ1) is 13.4. The zero-order valence-electron chi connectivity index (χ0n) is 11.6. The molecule has 0 atom stereocenters. The lowest BCUT2D eigenvalue weighted by molar-refractivity contribution is 0.0634. The van der Waals surface area contributed by atoms with E-state index in [0.717, 1.165) is 0 Å². The predicted molar refractivity (Wildman–Crippen MR) is 69.0 cm³/mol. The van der Waals surface area contributed by atoms with Crippen LogP contribution in [-0.4, -0.2) is 45.9 Å². The van der Waals surface area contributed by atoms with Crippen LogP contribution < -0.4 is 5.32 Å². The highest BCUT2D eigenvalue weighted by Gasteiger charge is 2.25. The van der Waals surface area contributed by atoms with Crippen LogP contribution in [-0.2, 0) is 11.3 Å². The smallest absolute Gasteiger partial charge is 0.413 e. The Morgan fingerprint density at radius 3 is 2.74 bits per heavy atom. The lowest BCUT2D eigenvalue weighted by Gasteiger charge is -2.22. The van der Waals surface area contributed by atoms with Crippen molar-refractivity contribution in [3.05, 3.63) is 11.8 Å². The van der Waals surface area contributed by atoms with E-state index in [0.29, 0.717) is 24.6 Å². The van der Waals surface area contributed by atoms with Crippen LogP contribution in [0.3, 0.4) is 0 Å². The number of amides is 2. The van der Waals surface area contributed by atoms with Crippen molar-refractivity contribution in [1.82, 2.24) is 14.7 Å². The topological polar surface area (TPSA) is 76.5 Å². The molecule has 0 aromatic carbocycles. The van der Waals surface area contributed by atoms with Gasteiger partial charge in [-0.25, -0.2) is 4.79 Å². The van der Waals surface area contributed by atoms with Crippen LogP contribution >= 0.6 is 0 Å². The number of aromatic nitrogens is 2. The van der Waals surface area contributed by atoms with Crippen LogP contribution in [0.4, 0.5) is 10.6 Å². The van der Waals surface area contributed by atoms with Gasteiger partial charge in [0.1, 0.15) is 11.3 Å². The number of hydrogen-bond donors (Lipinski definition) is 1. The maximum atomic E-state index is 11.9.